The Hall–Kier alpha value is -3.91. The second-order valence-corrected chi connectivity index (χ2v) is 12.7. The van der Waals surface area contributed by atoms with E-state index in [1.54, 1.807) is 0 Å². The largest absolute Gasteiger partial charge is 0.494 e. The van der Waals surface area contributed by atoms with Crippen molar-refractivity contribution in [1.82, 2.24) is 19.9 Å². The van der Waals surface area contributed by atoms with E-state index < -0.39 is 0 Å². The third kappa shape index (κ3) is 6.50. The fourth-order valence-corrected chi connectivity index (χ4v) is 6.82. The third-order valence-corrected chi connectivity index (χ3v) is 9.41. The monoisotopic (exact) mass is 656 g/mol. The van der Waals surface area contributed by atoms with E-state index in [2.05, 4.69) is 9.88 Å². The highest BCUT2D eigenvalue weighted by Gasteiger charge is 2.28. The van der Waals surface area contributed by atoms with Crippen LogP contribution >= 0.6 is 23.2 Å². The number of aromatic nitrogens is 3. The molecule has 0 saturated carbocycles. The van der Waals surface area contributed by atoms with Crippen LogP contribution in [-0.4, -0.2) is 33.6 Å². The molecule has 1 aliphatic heterocycles. The van der Waals surface area contributed by atoms with Gasteiger partial charge in [-0.3, -0.25) is 4.79 Å². The van der Waals surface area contributed by atoms with Crippen molar-refractivity contribution in [2.75, 3.05) is 13.2 Å². The highest BCUT2D eigenvalue weighted by Crippen LogP contribution is 2.42. The molecule has 0 saturated heterocycles. The Morgan fingerprint density at radius 1 is 0.913 bits per heavy atom. The lowest BCUT2D eigenvalue weighted by molar-refractivity contribution is 0.0950. The molecule has 0 aliphatic carbocycles. The lowest BCUT2D eigenvalue weighted by Crippen LogP contribution is -2.24. The number of fused-ring (bicyclic) bond motifs is 3. The van der Waals surface area contributed by atoms with Gasteiger partial charge < -0.3 is 19.4 Å². The van der Waals surface area contributed by atoms with E-state index in [0.29, 0.717) is 55.9 Å². The first kappa shape index (κ1) is 32.0. The van der Waals surface area contributed by atoms with Gasteiger partial charge in [0.2, 0.25) is 0 Å². The minimum Gasteiger partial charge on any atom is -0.494 e. The normalized spacial score (nSPS) is 13.0. The van der Waals surface area contributed by atoms with E-state index in [1.165, 1.54) is 0 Å². The predicted molar refractivity (Wildman–Crippen MR) is 184 cm³/mol. The Kier molecular flexibility index (Phi) is 9.64. The molecule has 9 heteroatoms. The number of halogens is 2. The van der Waals surface area contributed by atoms with E-state index >= 15 is 0 Å². The van der Waals surface area contributed by atoms with Crippen molar-refractivity contribution < 1.29 is 14.3 Å². The fraction of sp³-hybridized carbons (Fsp3) is 0.324. The van der Waals surface area contributed by atoms with Gasteiger partial charge in [0.1, 0.15) is 18.1 Å². The third-order valence-electron chi connectivity index (χ3n) is 8.50. The van der Waals surface area contributed by atoms with Crippen molar-refractivity contribution >= 4 is 40.0 Å². The molecule has 3 aromatic carbocycles. The quantitative estimate of drug-likeness (QED) is 0.153. The van der Waals surface area contributed by atoms with Crippen molar-refractivity contribution in [3.8, 4) is 16.9 Å². The Balaban J connectivity index is 1.33. The summed E-state index contributed by atoms with van der Waals surface area (Å²) < 4.78 is 14.2. The SMILES string of the molecule is Cc1cc(OCCCc2c3n(c4c(-c5c(C)nc(COCc6ccccc6)nc5C)c(Cl)ccc24)CCCNC3=O)cc(C)c1Cl. The Labute approximate surface area is 279 Å². The summed E-state index contributed by atoms with van der Waals surface area (Å²) in [4.78, 5) is 23.2. The topological polar surface area (TPSA) is 78.3 Å². The first-order valence-corrected chi connectivity index (χ1v) is 16.5. The molecule has 1 amide bonds. The van der Waals surface area contributed by atoms with Crippen molar-refractivity contribution in [2.45, 2.75) is 66.7 Å². The molecule has 0 unspecified atom stereocenters. The number of nitrogens with one attached hydrogen (secondary N) is 1. The van der Waals surface area contributed by atoms with Crippen LogP contribution in [0, 0.1) is 27.7 Å². The van der Waals surface area contributed by atoms with Crippen molar-refractivity contribution in [1.29, 1.82) is 0 Å². The maximum atomic E-state index is 13.5. The second kappa shape index (κ2) is 13.8. The van der Waals surface area contributed by atoms with Gasteiger partial charge in [0.25, 0.3) is 5.91 Å². The average Bonchev–Trinajstić information content (AvgIpc) is 3.21. The number of hydrogen-bond acceptors (Lipinski definition) is 5. The zero-order chi connectivity index (χ0) is 32.4. The van der Waals surface area contributed by atoms with E-state index in [-0.39, 0.29) is 5.91 Å². The van der Waals surface area contributed by atoms with Gasteiger partial charge in [-0.15, -0.1) is 0 Å². The Bertz CT molecular complexity index is 1870. The van der Waals surface area contributed by atoms with Crippen LogP contribution in [0.5, 0.6) is 5.75 Å². The number of carbonyl (C=O) groups is 1. The molecule has 0 atom stereocenters. The van der Waals surface area contributed by atoms with Gasteiger partial charge in [-0.05, 0) is 87.4 Å². The summed E-state index contributed by atoms with van der Waals surface area (Å²) in [6.07, 6.45) is 2.22. The van der Waals surface area contributed by atoms with Crippen LogP contribution in [0.25, 0.3) is 22.0 Å². The molecule has 2 aromatic heterocycles. The van der Waals surface area contributed by atoms with Crippen LogP contribution in [0.2, 0.25) is 10.0 Å². The Morgan fingerprint density at radius 2 is 1.63 bits per heavy atom. The highest BCUT2D eigenvalue weighted by molar-refractivity contribution is 6.35. The number of hydrogen-bond donors (Lipinski definition) is 1. The Morgan fingerprint density at radius 3 is 2.35 bits per heavy atom. The molecule has 3 heterocycles. The molecule has 5 aromatic rings. The van der Waals surface area contributed by atoms with E-state index in [9.17, 15) is 4.79 Å². The summed E-state index contributed by atoms with van der Waals surface area (Å²) in [5.74, 6) is 1.36. The number of aryl methyl sites for hydroxylation is 6. The molecule has 238 valence electrons. The predicted octanol–water partition coefficient (Wildman–Crippen LogP) is 8.50. The zero-order valence-corrected chi connectivity index (χ0v) is 28.2. The van der Waals surface area contributed by atoms with E-state index in [0.717, 1.165) is 79.3 Å². The smallest absolute Gasteiger partial charge is 0.268 e. The number of amides is 1. The first-order valence-electron chi connectivity index (χ1n) is 15.7. The van der Waals surface area contributed by atoms with Gasteiger partial charge in [-0.1, -0.05) is 59.6 Å². The van der Waals surface area contributed by atoms with Gasteiger partial charge in [0.05, 0.1) is 23.8 Å². The second-order valence-electron chi connectivity index (χ2n) is 11.9. The van der Waals surface area contributed by atoms with Crippen molar-refractivity contribution in [3.63, 3.8) is 0 Å². The molecule has 0 fully saturated rings. The van der Waals surface area contributed by atoms with Crippen LogP contribution in [0.1, 0.15) is 62.8 Å². The van der Waals surface area contributed by atoms with Crippen LogP contribution in [0.4, 0.5) is 0 Å². The summed E-state index contributed by atoms with van der Waals surface area (Å²) in [6.45, 7) is 10.5. The molecule has 1 N–H and O–H groups in total. The summed E-state index contributed by atoms with van der Waals surface area (Å²) in [7, 11) is 0. The average molecular weight is 658 g/mol. The maximum absolute atomic E-state index is 13.5. The number of carbonyl (C=O) groups excluding carboxylic acids is 1. The standard InChI is InChI=1S/C37H38Cl2N4O3/c1-22-18-27(19-23(2)34(22)39)46-17-8-12-28-29-13-14-30(38)33(35(29)43-16-9-15-40-37(44)36(28)43)32-24(3)41-31(42-25(32)4)21-45-20-26-10-6-5-7-11-26/h5-7,10-11,13-14,18-19H,8-9,12,15-17,20-21H2,1-4H3,(H,40,44). The lowest BCUT2D eigenvalue weighted by atomic mass is 9.97. The molecule has 6 rings (SSSR count). The van der Waals surface area contributed by atoms with Crippen LogP contribution < -0.4 is 10.1 Å². The first-order chi connectivity index (χ1) is 22.2. The van der Waals surface area contributed by atoms with Crippen LogP contribution in [-0.2, 0) is 30.9 Å². The van der Waals surface area contributed by atoms with Crippen LogP contribution in [0.3, 0.4) is 0 Å². The molecule has 46 heavy (non-hydrogen) atoms. The van der Waals surface area contributed by atoms with Gasteiger partial charge in [0, 0.05) is 46.0 Å². The van der Waals surface area contributed by atoms with Crippen molar-refractivity contribution in [3.05, 3.63) is 110 Å². The molecular weight excluding hydrogens is 619 g/mol. The molecular formula is C37H38Cl2N4O3. The summed E-state index contributed by atoms with van der Waals surface area (Å²) in [6, 6.07) is 17.9. The maximum Gasteiger partial charge on any atom is 0.268 e. The minimum absolute atomic E-state index is 0.0637. The molecule has 0 bridgehead atoms. The molecule has 0 radical (unpaired) electrons. The van der Waals surface area contributed by atoms with E-state index in [1.807, 2.05) is 82.3 Å². The number of benzene rings is 3. The lowest BCUT2D eigenvalue weighted by Gasteiger charge is -2.16. The minimum atomic E-state index is -0.0637. The summed E-state index contributed by atoms with van der Waals surface area (Å²) in [5, 5.41) is 5.47. The zero-order valence-electron chi connectivity index (χ0n) is 26.7. The number of ether oxygens (including phenoxy) is 2. The van der Waals surface area contributed by atoms with Gasteiger partial charge in [-0.2, -0.15) is 0 Å². The van der Waals surface area contributed by atoms with E-state index in [4.69, 9.17) is 42.6 Å². The van der Waals surface area contributed by atoms with Gasteiger partial charge in [-0.25, -0.2) is 9.97 Å². The summed E-state index contributed by atoms with van der Waals surface area (Å²) >= 11 is 13.4. The van der Waals surface area contributed by atoms with Crippen LogP contribution in [0.15, 0.2) is 54.6 Å². The van der Waals surface area contributed by atoms with Gasteiger partial charge in [0.15, 0.2) is 5.82 Å². The fourth-order valence-electron chi connectivity index (χ4n) is 6.46. The van der Waals surface area contributed by atoms with Crippen molar-refractivity contribution in [2.24, 2.45) is 0 Å². The molecule has 0 spiro atoms. The van der Waals surface area contributed by atoms with Gasteiger partial charge >= 0.3 is 0 Å². The number of rotatable bonds is 10. The highest BCUT2D eigenvalue weighted by atomic mass is 35.5. The molecule has 1 aliphatic rings. The summed E-state index contributed by atoms with van der Waals surface area (Å²) in [5.41, 5.74) is 9.09. The molecule has 7 nitrogen and oxygen atoms in total. The number of nitrogens with zero attached hydrogens (tertiary/aromatic N) is 3.